The normalized spacial score (nSPS) is 9.00. The van der Waals surface area contributed by atoms with Gasteiger partial charge in [0.1, 0.15) is 5.82 Å². The first-order valence-corrected chi connectivity index (χ1v) is 6.52. The van der Waals surface area contributed by atoms with Crippen LogP contribution in [0, 0.1) is 6.92 Å². The fourth-order valence-corrected chi connectivity index (χ4v) is 1.42. The predicted molar refractivity (Wildman–Crippen MR) is 91.7 cm³/mol. The molecule has 0 saturated heterocycles. The number of aromatic nitrogens is 1. The maximum absolute atomic E-state index is 11.3. The molecule has 1 rings (SSSR count). The summed E-state index contributed by atoms with van der Waals surface area (Å²) >= 11 is 0. The molecular weight excluding hydrogens is 329 g/mol. The number of carbonyl (C=O) groups is 2. The molecule has 7 nitrogen and oxygen atoms in total. The summed E-state index contributed by atoms with van der Waals surface area (Å²) in [6.45, 7) is 3.08. The monoisotopic (exact) mass is 351 g/mol. The summed E-state index contributed by atoms with van der Waals surface area (Å²) < 4.78 is 0. The second-order valence-electron chi connectivity index (χ2n) is 4.33. The minimum atomic E-state index is -0.340. The summed E-state index contributed by atoms with van der Waals surface area (Å²) in [5.41, 5.74) is 6.22. The average Bonchev–Trinajstić information content (AvgIpc) is 2.46. The van der Waals surface area contributed by atoms with E-state index in [1.165, 1.54) is 0 Å². The second kappa shape index (κ2) is 13.1. The topological polar surface area (TPSA) is 109 Å². The zero-order chi connectivity index (χ0) is 14.8. The van der Waals surface area contributed by atoms with E-state index in [4.69, 9.17) is 5.73 Å². The number of anilines is 1. The lowest BCUT2D eigenvalue weighted by Gasteiger charge is -2.07. The number of nitrogens with one attached hydrogen (secondary N) is 3. The summed E-state index contributed by atoms with van der Waals surface area (Å²) in [6.07, 6.45) is 2.57. The molecule has 0 spiro atoms. The molecule has 0 atom stereocenters. The van der Waals surface area contributed by atoms with Crippen LogP contribution in [0.25, 0.3) is 0 Å². The third kappa shape index (κ3) is 10.2. The van der Waals surface area contributed by atoms with Crippen LogP contribution in [0.4, 0.5) is 5.82 Å². The smallest absolute Gasteiger partial charge is 0.239 e. The number of amides is 2. The lowest BCUT2D eigenvalue weighted by Crippen LogP contribution is -2.39. The van der Waals surface area contributed by atoms with Gasteiger partial charge in [-0.2, -0.15) is 0 Å². The van der Waals surface area contributed by atoms with Crippen molar-refractivity contribution in [3.05, 3.63) is 23.9 Å². The van der Waals surface area contributed by atoms with E-state index in [1.807, 2.05) is 19.1 Å². The van der Waals surface area contributed by atoms with E-state index in [9.17, 15) is 9.59 Å². The van der Waals surface area contributed by atoms with Crippen molar-refractivity contribution in [1.82, 2.24) is 15.6 Å². The molecule has 0 fully saturated rings. The van der Waals surface area contributed by atoms with Gasteiger partial charge in [0, 0.05) is 19.3 Å². The molecule has 9 heteroatoms. The minimum Gasteiger partial charge on any atom is -0.370 e. The minimum absolute atomic E-state index is 0. The second-order valence-corrected chi connectivity index (χ2v) is 4.33. The number of nitrogens with two attached hydrogens (primary N) is 1. The molecule has 22 heavy (non-hydrogen) atoms. The van der Waals surface area contributed by atoms with Gasteiger partial charge < -0.3 is 21.7 Å². The maximum atomic E-state index is 11.3. The molecule has 0 bridgehead atoms. The lowest BCUT2D eigenvalue weighted by atomic mass is 10.3. The van der Waals surface area contributed by atoms with Gasteiger partial charge in [0.2, 0.25) is 11.8 Å². The van der Waals surface area contributed by atoms with Gasteiger partial charge in [-0.1, -0.05) is 6.07 Å². The third-order valence-electron chi connectivity index (χ3n) is 2.52. The highest BCUT2D eigenvalue weighted by molar-refractivity contribution is 5.86. The SMILES string of the molecule is Cc1ccc(NCCCNC(=O)CNC(=O)CN)nc1.Cl.Cl. The van der Waals surface area contributed by atoms with E-state index in [2.05, 4.69) is 20.9 Å². The zero-order valence-corrected chi connectivity index (χ0v) is 14.1. The fraction of sp³-hybridized carbons (Fsp3) is 0.462. The molecule has 126 valence electrons. The van der Waals surface area contributed by atoms with Crippen molar-refractivity contribution in [3.8, 4) is 0 Å². The van der Waals surface area contributed by atoms with E-state index in [0.717, 1.165) is 17.8 Å². The molecule has 2 amide bonds. The summed E-state index contributed by atoms with van der Waals surface area (Å²) in [5.74, 6) is 0.254. The maximum Gasteiger partial charge on any atom is 0.239 e. The number of aryl methyl sites for hydroxylation is 1. The Morgan fingerprint density at radius 3 is 2.45 bits per heavy atom. The van der Waals surface area contributed by atoms with Crippen molar-refractivity contribution in [1.29, 1.82) is 0 Å². The van der Waals surface area contributed by atoms with E-state index >= 15 is 0 Å². The lowest BCUT2D eigenvalue weighted by molar-refractivity contribution is -0.125. The quantitative estimate of drug-likeness (QED) is 0.501. The van der Waals surface area contributed by atoms with Crippen LogP contribution in [0.3, 0.4) is 0 Å². The molecule has 0 unspecified atom stereocenters. The van der Waals surface area contributed by atoms with Crippen LogP contribution in [-0.2, 0) is 9.59 Å². The first kappa shape index (κ1) is 22.7. The molecule has 0 aliphatic rings. The standard InChI is InChI=1S/C13H21N5O2.2ClH/c1-10-3-4-11(17-8-10)15-5-2-6-16-13(20)9-18-12(19)7-14;;/h3-4,8H,2,5-7,9,14H2,1H3,(H,15,17)(H,16,20)(H,18,19);2*1H. The highest BCUT2D eigenvalue weighted by Crippen LogP contribution is 2.03. The molecule has 0 aliphatic carbocycles. The Kier molecular flexibility index (Phi) is 13.5. The Balaban J connectivity index is 0. The number of halogens is 2. The van der Waals surface area contributed by atoms with E-state index in [0.29, 0.717) is 13.1 Å². The van der Waals surface area contributed by atoms with Crippen LogP contribution in [0.5, 0.6) is 0 Å². The first-order valence-electron chi connectivity index (χ1n) is 6.52. The van der Waals surface area contributed by atoms with Gasteiger partial charge >= 0.3 is 0 Å². The predicted octanol–water partition coefficient (Wildman–Crippen LogP) is 0.227. The number of carbonyl (C=O) groups excluding carboxylic acids is 2. The Morgan fingerprint density at radius 2 is 1.86 bits per heavy atom. The number of nitrogens with zero attached hydrogens (tertiary/aromatic N) is 1. The Hall–Kier alpha value is -1.57. The van der Waals surface area contributed by atoms with Gasteiger partial charge in [0.05, 0.1) is 13.1 Å². The van der Waals surface area contributed by atoms with E-state index < -0.39 is 0 Å². The molecule has 0 saturated carbocycles. The average molecular weight is 352 g/mol. The van der Waals surface area contributed by atoms with Crippen molar-refractivity contribution < 1.29 is 9.59 Å². The van der Waals surface area contributed by atoms with Gasteiger partial charge in [-0.3, -0.25) is 9.59 Å². The number of pyridine rings is 1. The van der Waals surface area contributed by atoms with E-state index in [1.54, 1.807) is 6.20 Å². The van der Waals surface area contributed by atoms with Crippen molar-refractivity contribution in [2.45, 2.75) is 13.3 Å². The first-order chi connectivity index (χ1) is 9.61. The van der Waals surface area contributed by atoms with Crippen LogP contribution in [-0.4, -0.2) is 43.0 Å². The fourth-order valence-electron chi connectivity index (χ4n) is 1.42. The third-order valence-corrected chi connectivity index (χ3v) is 2.52. The summed E-state index contributed by atoms with van der Waals surface area (Å²) in [7, 11) is 0. The summed E-state index contributed by atoms with van der Waals surface area (Å²) in [5, 5.41) is 8.26. The molecule has 1 heterocycles. The largest absolute Gasteiger partial charge is 0.370 e. The highest BCUT2D eigenvalue weighted by atomic mass is 35.5. The van der Waals surface area contributed by atoms with Crippen molar-refractivity contribution in [2.75, 3.05) is 31.5 Å². The summed E-state index contributed by atoms with van der Waals surface area (Å²) in [4.78, 5) is 26.4. The molecule has 1 aromatic heterocycles. The molecule has 0 radical (unpaired) electrons. The van der Waals surface area contributed by atoms with Crippen LogP contribution in [0.1, 0.15) is 12.0 Å². The number of rotatable bonds is 8. The van der Waals surface area contributed by atoms with Crippen molar-refractivity contribution in [3.63, 3.8) is 0 Å². The van der Waals surface area contributed by atoms with Gasteiger partial charge in [-0.05, 0) is 25.0 Å². The highest BCUT2D eigenvalue weighted by Gasteiger charge is 2.02. The Morgan fingerprint density at radius 1 is 1.14 bits per heavy atom. The molecule has 5 N–H and O–H groups in total. The van der Waals surface area contributed by atoms with Gasteiger partial charge in [-0.15, -0.1) is 24.8 Å². The molecular formula is C13H23Cl2N5O2. The van der Waals surface area contributed by atoms with E-state index in [-0.39, 0.29) is 49.7 Å². The molecule has 0 aliphatic heterocycles. The summed E-state index contributed by atoms with van der Waals surface area (Å²) in [6, 6.07) is 3.90. The van der Waals surface area contributed by atoms with Crippen molar-refractivity contribution in [2.24, 2.45) is 5.73 Å². The Bertz CT molecular complexity index is 443. The van der Waals surface area contributed by atoms with Crippen LogP contribution in [0.15, 0.2) is 18.3 Å². The molecule has 0 aromatic carbocycles. The van der Waals surface area contributed by atoms with Gasteiger partial charge in [0.15, 0.2) is 0 Å². The number of hydrogen-bond acceptors (Lipinski definition) is 5. The number of hydrogen-bond donors (Lipinski definition) is 4. The van der Waals surface area contributed by atoms with Crippen LogP contribution >= 0.6 is 24.8 Å². The van der Waals surface area contributed by atoms with Crippen LogP contribution in [0.2, 0.25) is 0 Å². The molecule has 1 aromatic rings. The van der Waals surface area contributed by atoms with Gasteiger partial charge in [-0.25, -0.2) is 4.98 Å². The van der Waals surface area contributed by atoms with Crippen LogP contribution < -0.4 is 21.7 Å². The van der Waals surface area contributed by atoms with Gasteiger partial charge in [0.25, 0.3) is 0 Å². The Labute approximate surface area is 142 Å². The zero-order valence-electron chi connectivity index (χ0n) is 12.4. The van der Waals surface area contributed by atoms with Crippen molar-refractivity contribution >= 4 is 42.4 Å².